The number of nitrogens with zero attached hydrogens (tertiary/aromatic N) is 3. The Hall–Kier alpha value is -2.17. The maximum absolute atomic E-state index is 10.4. The minimum Gasteiger partial charge on any atom is -0.275 e. The molecule has 1 heterocycles. The maximum Gasteiger partial charge on any atom is 0.269 e. The summed E-state index contributed by atoms with van der Waals surface area (Å²) in [6.07, 6.45) is 3.59. The van der Waals surface area contributed by atoms with Crippen molar-refractivity contribution in [3.8, 4) is 11.1 Å². The zero-order chi connectivity index (χ0) is 10.8. The van der Waals surface area contributed by atoms with Crippen molar-refractivity contribution in [2.24, 2.45) is 7.05 Å². The standard InChI is InChI=1S/C10H9N3O2/c1-12-7-9(6-11-12)8-2-4-10(5-3-8)13(14)15/h2-7H,1H3. The molecule has 2 rings (SSSR count). The van der Waals surface area contributed by atoms with Crippen molar-refractivity contribution in [1.82, 2.24) is 9.78 Å². The second-order valence-electron chi connectivity index (χ2n) is 3.21. The van der Waals surface area contributed by atoms with Crippen LogP contribution in [-0.2, 0) is 7.05 Å². The normalized spacial score (nSPS) is 10.2. The van der Waals surface area contributed by atoms with Crippen molar-refractivity contribution in [1.29, 1.82) is 0 Å². The Labute approximate surface area is 86.1 Å². The van der Waals surface area contributed by atoms with Gasteiger partial charge in [-0.25, -0.2) is 0 Å². The van der Waals surface area contributed by atoms with Gasteiger partial charge in [0.15, 0.2) is 0 Å². The molecule has 5 nitrogen and oxygen atoms in total. The molecule has 5 heteroatoms. The second-order valence-corrected chi connectivity index (χ2v) is 3.21. The molecule has 0 aliphatic carbocycles. The van der Waals surface area contributed by atoms with Crippen LogP contribution in [0.25, 0.3) is 11.1 Å². The van der Waals surface area contributed by atoms with Crippen LogP contribution in [0.1, 0.15) is 0 Å². The molecule has 0 aliphatic rings. The number of aromatic nitrogens is 2. The van der Waals surface area contributed by atoms with Gasteiger partial charge in [0.1, 0.15) is 0 Å². The van der Waals surface area contributed by atoms with E-state index in [1.165, 1.54) is 12.1 Å². The van der Waals surface area contributed by atoms with Crippen molar-refractivity contribution in [2.75, 3.05) is 0 Å². The highest BCUT2D eigenvalue weighted by atomic mass is 16.6. The van der Waals surface area contributed by atoms with Crippen molar-refractivity contribution >= 4 is 5.69 Å². The maximum atomic E-state index is 10.4. The van der Waals surface area contributed by atoms with E-state index in [1.807, 2.05) is 13.2 Å². The van der Waals surface area contributed by atoms with E-state index in [9.17, 15) is 10.1 Å². The van der Waals surface area contributed by atoms with Gasteiger partial charge in [-0.2, -0.15) is 5.10 Å². The second kappa shape index (κ2) is 3.53. The zero-order valence-corrected chi connectivity index (χ0v) is 8.12. The lowest BCUT2D eigenvalue weighted by Crippen LogP contribution is -1.86. The lowest BCUT2D eigenvalue weighted by molar-refractivity contribution is -0.384. The van der Waals surface area contributed by atoms with E-state index in [4.69, 9.17) is 0 Å². The van der Waals surface area contributed by atoms with Crippen molar-refractivity contribution < 1.29 is 4.92 Å². The average molecular weight is 203 g/mol. The van der Waals surface area contributed by atoms with Crippen molar-refractivity contribution in [2.45, 2.75) is 0 Å². The van der Waals surface area contributed by atoms with Crippen LogP contribution in [0.4, 0.5) is 5.69 Å². The Morgan fingerprint density at radius 1 is 1.27 bits per heavy atom. The first kappa shape index (κ1) is 9.39. The number of aryl methyl sites for hydroxylation is 1. The number of hydrogen-bond acceptors (Lipinski definition) is 3. The van der Waals surface area contributed by atoms with Crippen LogP contribution in [0.15, 0.2) is 36.7 Å². The van der Waals surface area contributed by atoms with Gasteiger partial charge in [0.25, 0.3) is 5.69 Å². The van der Waals surface area contributed by atoms with Crippen molar-refractivity contribution in [3.63, 3.8) is 0 Å². The Balaban J connectivity index is 2.35. The summed E-state index contributed by atoms with van der Waals surface area (Å²) < 4.78 is 1.69. The molecule has 0 fully saturated rings. The summed E-state index contributed by atoms with van der Waals surface area (Å²) in [7, 11) is 1.83. The molecule has 0 saturated carbocycles. The molecule has 0 saturated heterocycles. The Morgan fingerprint density at radius 2 is 1.93 bits per heavy atom. The molecular formula is C10H9N3O2. The van der Waals surface area contributed by atoms with Crippen LogP contribution < -0.4 is 0 Å². The van der Waals surface area contributed by atoms with Crippen LogP contribution in [0.2, 0.25) is 0 Å². The number of benzene rings is 1. The predicted molar refractivity (Wildman–Crippen MR) is 55.3 cm³/mol. The Kier molecular flexibility index (Phi) is 2.21. The zero-order valence-electron chi connectivity index (χ0n) is 8.12. The third-order valence-electron chi connectivity index (χ3n) is 2.12. The van der Waals surface area contributed by atoms with Gasteiger partial charge in [-0.05, 0) is 17.7 Å². The first-order valence-electron chi connectivity index (χ1n) is 4.40. The molecule has 0 bridgehead atoms. The molecule has 1 aromatic carbocycles. The summed E-state index contributed by atoms with van der Waals surface area (Å²) in [6.45, 7) is 0. The lowest BCUT2D eigenvalue weighted by atomic mass is 10.1. The summed E-state index contributed by atoms with van der Waals surface area (Å²) in [4.78, 5) is 10.0. The minimum absolute atomic E-state index is 0.0997. The van der Waals surface area contributed by atoms with Gasteiger partial charge in [-0.15, -0.1) is 0 Å². The van der Waals surface area contributed by atoms with Gasteiger partial charge >= 0.3 is 0 Å². The molecule has 0 spiro atoms. The van der Waals surface area contributed by atoms with Crippen molar-refractivity contribution in [3.05, 3.63) is 46.8 Å². The Morgan fingerprint density at radius 3 is 2.40 bits per heavy atom. The number of non-ortho nitro benzene ring substituents is 1. The van der Waals surface area contributed by atoms with Gasteiger partial charge in [0.2, 0.25) is 0 Å². The SMILES string of the molecule is Cn1cc(-c2ccc([N+](=O)[O-])cc2)cn1. The van der Waals surface area contributed by atoms with E-state index in [0.717, 1.165) is 11.1 Å². The summed E-state index contributed by atoms with van der Waals surface area (Å²) in [5.41, 5.74) is 1.98. The van der Waals surface area contributed by atoms with Gasteiger partial charge in [-0.3, -0.25) is 14.8 Å². The molecule has 15 heavy (non-hydrogen) atoms. The number of hydrogen-bond donors (Lipinski definition) is 0. The fourth-order valence-corrected chi connectivity index (χ4v) is 1.35. The smallest absolute Gasteiger partial charge is 0.269 e. The monoisotopic (exact) mass is 203 g/mol. The van der Waals surface area contributed by atoms with Crippen LogP contribution in [0.3, 0.4) is 0 Å². The van der Waals surface area contributed by atoms with E-state index >= 15 is 0 Å². The molecule has 76 valence electrons. The van der Waals surface area contributed by atoms with Gasteiger partial charge in [0.05, 0.1) is 11.1 Å². The van der Waals surface area contributed by atoms with Crippen LogP contribution in [0, 0.1) is 10.1 Å². The number of nitro benzene ring substituents is 1. The van der Waals surface area contributed by atoms with Gasteiger partial charge < -0.3 is 0 Å². The molecule has 0 atom stereocenters. The summed E-state index contributed by atoms with van der Waals surface area (Å²) >= 11 is 0. The van der Waals surface area contributed by atoms with E-state index in [2.05, 4.69) is 5.10 Å². The third-order valence-corrected chi connectivity index (χ3v) is 2.12. The van der Waals surface area contributed by atoms with E-state index < -0.39 is 4.92 Å². The lowest BCUT2D eigenvalue weighted by Gasteiger charge is -1.95. The van der Waals surface area contributed by atoms with Crippen LogP contribution in [-0.4, -0.2) is 14.7 Å². The highest BCUT2D eigenvalue weighted by molar-refractivity contribution is 5.63. The number of nitro groups is 1. The fraction of sp³-hybridized carbons (Fsp3) is 0.100. The third kappa shape index (κ3) is 1.85. The van der Waals surface area contributed by atoms with E-state index in [1.54, 1.807) is 23.0 Å². The van der Waals surface area contributed by atoms with E-state index in [-0.39, 0.29) is 5.69 Å². The van der Waals surface area contributed by atoms with Crippen LogP contribution >= 0.6 is 0 Å². The van der Waals surface area contributed by atoms with E-state index in [0.29, 0.717) is 0 Å². The highest BCUT2D eigenvalue weighted by Gasteiger charge is 2.05. The number of rotatable bonds is 2. The topological polar surface area (TPSA) is 61.0 Å². The molecule has 0 aliphatic heterocycles. The van der Waals surface area contributed by atoms with Gasteiger partial charge in [0, 0.05) is 30.9 Å². The molecule has 1 aromatic heterocycles. The molecule has 0 radical (unpaired) electrons. The van der Waals surface area contributed by atoms with Crippen LogP contribution in [0.5, 0.6) is 0 Å². The molecule has 0 N–H and O–H groups in total. The quantitative estimate of drug-likeness (QED) is 0.554. The minimum atomic E-state index is -0.410. The van der Waals surface area contributed by atoms with Gasteiger partial charge in [-0.1, -0.05) is 0 Å². The first-order valence-corrected chi connectivity index (χ1v) is 4.40. The summed E-state index contributed by atoms with van der Waals surface area (Å²) in [5.74, 6) is 0. The molecule has 0 amide bonds. The Bertz CT molecular complexity index is 488. The molecule has 2 aromatic rings. The first-order chi connectivity index (χ1) is 7.16. The molecular weight excluding hydrogens is 194 g/mol. The average Bonchev–Trinajstić information content (AvgIpc) is 2.65. The largest absolute Gasteiger partial charge is 0.275 e. The highest BCUT2D eigenvalue weighted by Crippen LogP contribution is 2.21. The predicted octanol–water partition coefficient (Wildman–Crippen LogP) is 2.00. The summed E-state index contributed by atoms with van der Waals surface area (Å²) in [5, 5.41) is 14.5. The fourth-order valence-electron chi connectivity index (χ4n) is 1.35. The summed E-state index contributed by atoms with van der Waals surface area (Å²) in [6, 6.07) is 6.41. The molecule has 0 unspecified atom stereocenters.